The van der Waals surface area contributed by atoms with Gasteiger partial charge in [0.1, 0.15) is 41.7 Å². The molecule has 1 aliphatic heterocycles. The molecule has 22 nitrogen and oxygen atoms in total. The molecule has 1 amide bonds. The number of Topliss-reactive ketones (excluding diaryl/α,β-unsaturated/α-hetero) is 1. The molecule has 7 N–H and O–H groups in total. The Kier molecular flexibility index (Phi) is 14.5. The highest BCUT2D eigenvalue weighted by Crippen LogP contribution is 2.64. The van der Waals surface area contributed by atoms with Gasteiger partial charge in [0.15, 0.2) is 11.4 Å². The molecule has 2 bridgehead atoms. The van der Waals surface area contributed by atoms with Gasteiger partial charge in [0, 0.05) is 25.2 Å². The summed E-state index contributed by atoms with van der Waals surface area (Å²) < 4.78 is 44.8. The van der Waals surface area contributed by atoms with E-state index in [-0.39, 0.29) is 29.7 Å². The van der Waals surface area contributed by atoms with Crippen LogP contribution >= 0.6 is 0 Å². The van der Waals surface area contributed by atoms with Crippen LogP contribution in [0.1, 0.15) is 97.9 Å². The Morgan fingerprint density at radius 2 is 1.63 bits per heavy atom. The number of aliphatic hydroxyl groups excluding tert-OH is 2. The third-order valence-corrected chi connectivity index (χ3v) is 13.9. The molecule has 0 spiro atoms. The predicted molar refractivity (Wildman–Crippen MR) is 227 cm³/mol. The number of fused-ring (bicyclic) bond motifs is 5. The number of carbonyl (C=O) groups excluding carboxylic acids is 7. The highest BCUT2D eigenvalue weighted by Gasteiger charge is 2.78. The summed E-state index contributed by atoms with van der Waals surface area (Å²) in [5.74, 6) is -8.92. The van der Waals surface area contributed by atoms with Crippen molar-refractivity contribution in [2.45, 2.75) is 153 Å². The van der Waals surface area contributed by atoms with Gasteiger partial charge >= 0.3 is 42.1 Å². The van der Waals surface area contributed by atoms with Gasteiger partial charge in [-0.15, -0.1) is 0 Å². The Morgan fingerprint density at radius 1 is 0.985 bits per heavy atom. The number of amides is 1. The molecule has 4 aliphatic carbocycles. The summed E-state index contributed by atoms with van der Waals surface area (Å²) in [6, 6.07) is 4.67. The SMILES string of the molecule is CC(=O)O[C@@]12CO[C@@H]1C[C@H](O)[C@@]1(C)C(=O)[C@H](O)C3=C(C)[C@@H](OC(=O)[C@H](OC(=O)OCOC(=O)C[C@H](N)C(=O)O)[C@@H](NC(=O)OC(C)(C)C)C4CC4)C[C@@](O)([C@@H](OC(=O)c4ccccc4)[C@H]21)C3(C)C. The second kappa shape index (κ2) is 19.0. The minimum Gasteiger partial charge on any atom is -0.480 e. The standard InChI is InChI=1S/C46H60N2O20/c1-21-26(64-39(57)33(31(23-14-15-23)48-40(58)68-42(3,4)5)65-41(59)63-20-62-29(51)16-25(47)37(54)55)18-46(60)36(66-38(56)24-12-10-9-11-13-24)34-44(8,35(53)32(52)30(21)43(46,6)7)27(50)17-28-45(34,19-61-28)67-22(2)49/h9-13,23,25-28,31-34,36,50,52,60H,14-20,47H2,1-8H3,(H,48,58)(H,54,55)/t25-,26-,27-,28+,31-,32+,33+,34-,36-,44+,45-,46+/m0/s1. The van der Waals surface area contributed by atoms with E-state index in [9.17, 15) is 48.9 Å². The van der Waals surface area contributed by atoms with E-state index in [0.717, 1.165) is 6.92 Å². The molecule has 0 aromatic heterocycles. The van der Waals surface area contributed by atoms with Gasteiger partial charge in [0.2, 0.25) is 12.9 Å². The summed E-state index contributed by atoms with van der Waals surface area (Å²) in [4.78, 5) is 107. The molecule has 0 radical (unpaired) electrons. The number of aliphatic carboxylic acids is 1. The average Bonchev–Trinajstić information content (AvgIpc) is 4.08. The lowest BCUT2D eigenvalue weighted by Gasteiger charge is -2.67. The molecule has 1 aromatic rings. The number of nitrogens with one attached hydrogen (secondary N) is 1. The Bertz CT molecular complexity index is 2220. The summed E-state index contributed by atoms with van der Waals surface area (Å²) in [6.45, 7) is 10.1. The summed E-state index contributed by atoms with van der Waals surface area (Å²) in [7, 11) is 0. The van der Waals surface area contributed by atoms with Crippen molar-refractivity contribution in [2.24, 2.45) is 28.4 Å². The Balaban J connectivity index is 1.43. The first-order valence-electron chi connectivity index (χ1n) is 22.2. The maximum absolute atomic E-state index is 15.1. The van der Waals surface area contributed by atoms with Gasteiger partial charge in [-0.2, -0.15) is 0 Å². The number of carbonyl (C=O) groups is 8. The van der Waals surface area contributed by atoms with Crippen molar-refractivity contribution in [3.63, 3.8) is 0 Å². The summed E-state index contributed by atoms with van der Waals surface area (Å²) in [5, 5.41) is 49.4. The lowest BCUT2D eigenvalue weighted by atomic mass is 9.44. The van der Waals surface area contributed by atoms with Crippen LogP contribution < -0.4 is 11.1 Å². The molecular formula is C46H60N2O20. The zero-order chi connectivity index (χ0) is 50.5. The minimum atomic E-state index is -2.48. The van der Waals surface area contributed by atoms with Crippen LogP contribution in [0.2, 0.25) is 0 Å². The van der Waals surface area contributed by atoms with Crippen LogP contribution in [-0.4, -0.2) is 147 Å². The van der Waals surface area contributed by atoms with Crippen molar-refractivity contribution in [1.29, 1.82) is 0 Å². The molecule has 12 atom stereocenters. The first-order valence-corrected chi connectivity index (χ1v) is 22.2. The van der Waals surface area contributed by atoms with E-state index in [1.165, 1.54) is 39.8 Å². The van der Waals surface area contributed by atoms with E-state index in [0.29, 0.717) is 12.8 Å². The van der Waals surface area contributed by atoms with Crippen LogP contribution in [-0.2, 0) is 61.9 Å². The molecule has 22 heteroatoms. The van der Waals surface area contributed by atoms with Crippen molar-refractivity contribution < 1.29 is 96.7 Å². The average molecular weight is 961 g/mol. The number of alkyl carbamates (subject to hydrolysis) is 1. The third kappa shape index (κ3) is 9.78. The van der Waals surface area contributed by atoms with Gasteiger partial charge in [-0.1, -0.05) is 32.0 Å². The molecule has 1 saturated heterocycles. The molecule has 0 unspecified atom stereocenters. The number of hydrogen-bond acceptors (Lipinski definition) is 20. The Morgan fingerprint density at radius 3 is 2.19 bits per heavy atom. The molecule has 6 rings (SSSR count). The van der Waals surface area contributed by atoms with E-state index in [2.05, 4.69) is 5.32 Å². The number of ether oxygens (including phenoxy) is 8. The molecule has 3 saturated carbocycles. The van der Waals surface area contributed by atoms with Crippen LogP contribution in [0.4, 0.5) is 9.59 Å². The zero-order valence-electron chi connectivity index (χ0n) is 39.0. The number of rotatable bonds is 14. The maximum Gasteiger partial charge on any atom is 0.512 e. The van der Waals surface area contributed by atoms with Crippen LogP contribution in [0.5, 0.6) is 0 Å². The first-order chi connectivity index (χ1) is 31.6. The van der Waals surface area contributed by atoms with Crippen LogP contribution in [0.3, 0.4) is 0 Å². The summed E-state index contributed by atoms with van der Waals surface area (Å²) in [5.41, 5.74) is -3.91. The number of ketones is 1. The predicted octanol–water partition coefficient (Wildman–Crippen LogP) is 1.76. The molecule has 68 heavy (non-hydrogen) atoms. The topological polar surface area (TPSA) is 329 Å². The summed E-state index contributed by atoms with van der Waals surface area (Å²) >= 11 is 0. The summed E-state index contributed by atoms with van der Waals surface area (Å²) in [6.07, 6.45) is -13.8. The fraction of sp³-hybridized carbons (Fsp3) is 0.652. The van der Waals surface area contributed by atoms with Crippen LogP contribution in [0.15, 0.2) is 41.5 Å². The van der Waals surface area contributed by atoms with E-state index in [1.807, 2.05) is 0 Å². The third-order valence-electron chi connectivity index (χ3n) is 13.9. The normalized spacial score (nSPS) is 31.8. The molecular weight excluding hydrogens is 900 g/mol. The Hall–Kier alpha value is -5.68. The van der Waals surface area contributed by atoms with Gasteiger partial charge in [-0.3, -0.25) is 19.2 Å². The van der Waals surface area contributed by atoms with Gasteiger partial charge in [-0.05, 0) is 76.7 Å². The van der Waals surface area contributed by atoms with Crippen molar-refractivity contribution >= 4 is 47.9 Å². The number of esters is 4. The van der Waals surface area contributed by atoms with Crippen molar-refractivity contribution in [3.8, 4) is 0 Å². The van der Waals surface area contributed by atoms with Gasteiger partial charge in [-0.25, -0.2) is 19.2 Å². The van der Waals surface area contributed by atoms with E-state index >= 15 is 4.79 Å². The highest BCUT2D eigenvalue weighted by atomic mass is 16.8. The molecule has 5 aliphatic rings. The fourth-order valence-corrected chi connectivity index (χ4v) is 10.2. The zero-order valence-corrected chi connectivity index (χ0v) is 39.0. The van der Waals surface area contributed by atoms with E-state index < -0.39 is 156 Å². The number of carboxylic acids is 1. The largest absolute Gasteiger partial charge is 0.512 e. The lowest BCUT2D eigenvalue weighted by Crippen LogP contribution is -2.81. The maximum atomic E-state index is 15.1. The number of hydrogen-bond donors (Lipinski definition) is 6. The van der Waals surface area contributed by atoms with E-state index in [4.69, 9.17) is 48.7 Å². The molecule has 4 fully saturated rings. The second-order valence-corrected chi connectivity index (χ2v) is 19.8. The second-order valence-electron chi connectivity index (χ2n) is 19.8. The van der Waals surface area contributed by atoms with Crippen molar-refractivity contribution in [2.75, 3.05) is 13.4 Å². The number of aliphatic hydroxyl groups is 3. The number of nitrogens with two attached hydrogens (primary N) is 1. The Labute approximate surface area is 391 Å². The number of carboxylic acid groups (broad SMARTS) is 1. The smallest absolute Gasteiger partial charge is 0.480 e. The lowest BCUT2D eigenvalue weighted by molar-refractivity contribution is -0.346. The van der Waals surface area contributed by atoms with Gasteiger partial charge in [0.25, 0.3) is 0 Å². The quantitative estimate of drug-likeness (QED) is 0.0669. The van der Waals surface area contributed by atoms with E-state index in [1.54, 1.807) is 39.0 Å². The van der Waals surface area contributed by atoms with Crippen LogP contribution in [0.25, 0.3) is 0 Å². The van der Waals surface area contributed by atoms with Crippen LogP contribution in [0, 0.1) is 22.7 Å². The fourth-order valence-electron chi connectivity index (χ4n) is 10.2. The molecule has 1 aromatic carbocycles. The molecule has 374 valence electrons. The van der Waals surface area contributed by atoms with Crippen molar-refractivity contribution in [3.05, 3.63) is 47.0 Å². The van der Waals surface area contributed by atoms with Crippen molar-refractivity contribution in [1.82, 2.24) is 5.32 Å². The highest BCUT2D eigenvalue weighted by molar-refractivity contribution is 5.94. The molecule has 1 heterocycles. The van der Waals surface area contributed by atoms with Gasteiger partial charge < -0.3 is 69.4 Å². The number of benzene rings is 1. The minimum absolute atomic E-state index is 0.0168. The first kappa shape index (κ1) is 51.7. The van der Waals surface area contributed by atoms with Gasteiger partial charge in [0.05, 0.1) is 42.1 Å². The monoisotopic (exact) mass is 960 g/mol.